The van der Waals surface area contributed by atoms with Gasteiger partial charge in [-0.1, -0.05) is 0 Å². The predicted octanol–water partition coefficient (Wildman–Crippen LogP) is 6.31. The average Bonchev–Trinajstić information content (AvgIpc) is 3.60. The number of anilines is 2. The van der Waals surface area contributed by atoms with Crippen molar-refractivity contribution in [2.45, 2.75) is 82.6 Å². The Morgan fingerprint density at radius 3 is 2.84 bits per heavy atom. The molecule has 4 atom stereocenters. The highest BCUT2D eigenvalue weighted by atomic mass is 19.1. The van der Waals surface area contributed by atoms with Crippen LogP contribution in [0.1, 0.15) is 74.6 Å². The van der Waals surface area contributed by atoms with Gasteiger partial charge in [0.15, 0.2) is 5.82 Å². The van der Waals surface area contributed by atoms with Crippen molar-refractivity contribution in [2.24, 2.45) is 0 Å². The summed E-state index contributed by atoms with van der Waals surface area (Å²) < 4.78 is 59.4. The standard InChI is InChI=1S/C36H38F3N9O2/c1-17-9-25-24(13-42-46-25)27(26(17)20-5-6-20)30-29(39)31-28-33(45-35(44-31)50-16-36-7-4-8-47(36)14-22(38)11-36)48(18(2)15-49-34(28)43-30)19(3)23-10-21(37)12-41-32(23)40/h9-10,12-13,18-20,22H,4-8,11,14-16H2,1-3H3,(H2,40,41)(H,42,46)/t18-,19?,22?,36-/m0/s1. The molecule has 2 unspecified atom stereocenters. The number of aryl methyl sites for hydroxylation is 1. The zero-order valence-electron chi connectivity index (χ0n) is 28.1. The number of hydrogen-bond donors (Lipinski definition) is 2. The molecule has 0 bridgehead atoms. The van der Waals surface area contributed by atoms with E-state index in [2.05, 4.69) is 20.1 Å². The maximum Gasteiger partial charge on any atom is 0.319 e. The summed E-state index contributed by atoms with van der Waals surface area (Å²) in [5.41, 5.74) is 9.85. The fourth-order valence-electron chi connectivity index (χ4n) is 8.67. The molecule has 3 N–H and O–H groups in total. The van der Waals surface area contributed by atoms with Gasteiger partial charge in [-0.05, 0) is 82.2 Å². The molecule has 3 aliphatic heterocycles. The van der Waals surface area contributed by atoms with Gasteiger partial charge in [0.05, 0.1) is 35.5 Å². The topological polar surface area (TPSA) is 131 Å². The Hall–Kier alpha value is -4.72. The molecule has 1 saturated carbocycles. The van der Waals surface area contributed by atoms with E-state index in [4.69, 9.17) is 30.2 Å². The van der Waals surface area contributed by atoms with Gasteiger partial charge < -0.3 is 20.1 Å². The summed E-state index contributed by atoms with van der Waals surface area (Å²) in [6.45, 7) is 7.31. The second-order valence-corrected chi connectivity index (χ2v) is 14.5. The van der Waals surface area contributed by atoms with Crippen LogP contribution in [-0.2, 0) is 0 Å². The Morgan fingerprint density at radius 2 is 2.02 bits per heavy atom. The Bertz CT molecular complexity index is 2170. The molecule has 0 radical (unpaired) electrons. The molecular formula is C36H38F3N9O2. The zero-order chi connectivity index (χ0) is 34.5. The first kappa shape index (κ1) is 31.3. The summed E-state index contributed by atoms with van der Waals surface area (Å²) in [6.07, 6.45) is 5.93. The van der Waals surface area contributed by atoms with E-state index in [0.29, 0.717) is 29.9 Å². The smallest absolute Gasteiger partial charge is 0.319 e. The minimum Gasteiger partial charge on any atom is -0.475 e. The molecule has 14 heteroatoms. The van der Waals surface area contributed by atoms with Crippen LogP contribution in [0, 0.1) is 18.6 Å². The molecule has 2 saturated heterocycles. The van der Waals surface area contributed by atoms with Crippen LogP contribution in [0.15, 0.2) is 24.5 Å². The number of rotatable bonds is 7. The number of aromatic amines is 1. The highest BCUT2D eigenvalue weighted by molar-refractivity contribution is 6.02. The predicted molar refractivity (Wildman–Crippen MR) is 182 cm³/mol. The third-order valence-corrected chi connectivity index (χ3v) is 11.1. The number of H-pyrrole nitrogens is 1. The molecule has 50 heavy (non-hydrogen) atoms. The van der Waals surface area contributed by atoms with Crippen molar-refractivity contribution < 1.29 is 22.6 Å². The molecule has 5 aromatic rings. The Kier molecular flexibility index (Phi) is 7.13. The highest BCUT2D eigenvalue weighted by Crippen LogP contribution is 2.50. The number of hydrogen-bond acceptors (Lipinski definition) is 10. The molecule has 1 aromatic carbocycles. The maximum atomic E-state index is 17.4. The number of nitrogens with one attached hydrogen (secondary N) is 1. The van der Waals surface area contributed by atoms with Crippen LogP contribution in [0.5, 0.6) is 11.9 Å². The summed E-state index contributed by atoms with van der Waals surface area (Å²) in [4.78, 5) is 22.6. The second kappa shape index (κ2) is 11.4. The van der Waals surface area contributed by atoms with Gasteiger partial charge in [-0.2, -0.15) is 15.1 Å². The molecule has 4 aromatic heterocycles. The number of alkyl halides is 1. The molecular weight excluding hydrogens is 647 g/mol. The van der Waals surface area contributed by atoms with Crippen molar-refractivity contribution in [1.82, 2.24) is 35.0 Å². The number of benzene rings is 1. The highest BCUT2D eigenvalue weighted by Gasteiger charge is 2.49. The van der Waals surface area contributed by atoms with Gasteiger partial charge in [0.25, 0.3) is 0 Å². The van der Waals surface area contributed by atoms with Gasteiger partial charge in [-0.15, -0.1) is 0 Å². The SMILES string of the molecule is Cc1cc2[nH]ncc2c(-c2nc3c4c(nc(OC[C@@]56CCCN5CC(F)C6)nc4c2F)N(C(C)c2cc(F)cnc2N)[C@@H](C)CO3)c1C1CC1. The van der Waals surface area contributed by atoms with Gasteiger partial charge in [-0.3, -0.25) is 10.00 Å². The van der Waals surface area contributed by atoms with E-state index in [1.165, 1.54) is 6.07 Å². The molecule has 7 heterocycles. The van der Waals surface area contributed by atoms with Crippen LogP contribution in [0.3, 0.4) is 0 Å². The monoisotopic (exact) mass is 685 g/mol. The minimum absolute atomic E-state index is 0.0166. The lowest BCUT2D eigenvalue weighted by molar-refractivity contribution is 0.107. The number of halogens is 3. The van der Waals surface area contributed by atoms with Crippen LogP contribution in [0.25, 0.3) is 33.1 Å². The first-order valence-corrected chi connectivity index (χ1v) is 17.3. The lowest BCUT2D eigenvalue weighted by Gasteiger charge is -2.35. The molecule has 9 rings (SSSR count). The molecule has 3 fully saturated rings. The van der Waals surface area contributed by atoms with E-state index in [-0.39, 0.29) is 59.5 Å². The van der Waals surface area contributed by atoms with Crippen LogP contribution in [0.4, 0.5) is 24.8 Å². The molecule has 260 valence electrons. The summed E-state index contributed by atoms with van der Waals surface area (Å²) >= 11 is 0. The number of fused-ring (bicyclic) bond motifs is 2. The minimum atomic E-state index is -0.941. The van der Waals surface area contributed by atoms with Gasteiger partial charge >= 0.3 is 6.01 Å². The first-order chi connectivity index (χ1) is 24.1. The van der Waals surface area contributed by atoms with E-state index >= 15 is 4.39 Å². The quantitative estimate of drug-likeness (QED) is 0.201. The first-order valence-electron chi connectivity index (χ1n) is 17.3. The fraction of sp³-hybridized carbons (Fsp3) is 0.472. The van der Waals surface area contributed by atoms with Gasteiger partial charge in [-0.25, -0.2) is 23.1 Å². The van der Waals surface area contributed by atoms with E-state index in [9.17, 15) is 8.78 Å². The summed E-state index contributed by atoms with van der Waals surface area (Å²) in [5, 5.41) is 8.35. The number of nitrogens with zero attached hydrogens (tertiary/aromatic N) is 7. The number of pyridine rings is 2. The average molecular weight is 686 g/mol. The maximum absolute atomic E-state index is 17.4. The van der Waals surface area contributed by atoms with E-state index < -0.39 is 29.4 Å². The second-order valence-electron chi connectivity index (χ2n) is 14.5. The molecule has 0 amide bonds. The lowest BCUT2D eigenvalue weighted by Crippen LogP contribution is -2.43. The summed E-state index contributed by atoms with van der Waals surface area (Å²) in [5.74, 6) is -0.238. The van der Waals surface area contributed by atoms with E-state index in [1.54, 1.807) is 6.20 Å². The number of nitrogen functional groups attached to an aromatic ring is 1. The molecule has 11 nitrogen and oxygen atoms in total. The van der Waals surface area contributed by atoms with Crippen molar-refractivity contribution in [1.29, 1.82) is 0 Å². The van der Waals surface area contributed by atoms with E-state index in [1.807, 2.05) is 31.7 Å². The van der Waals surface area contributed by atoms with Crippen molar-refractivity contribution in [3.8, 4) is 23.1 Å². The molecule has 4 aliphatic rings. The number of nitrogens with two attached hydrogens (primary N) is 1. The van der Waals surface area contributed by atoms with Crippen molar-refractivity contribution in [2.75, 3.05) is 36.9 Å². The Balaban J connectivity index is 1.26. The number of ether oxygens (including phenoxy) is 2. The van der Waals surface area contributed by atoms with Gasteiger partial charge in [0.1, 0.15) is 53.4 Å². The molecule has 0 spiro atoms. The van der Waals surface area contributed by atoms with Crippen molar-refractivity contribution in [3.05, 3.63) is 52.9 Å². The van der Waals surface area contributed by atoms with Crippen molar-refractivity contribution >= 4 is 33.4 Å². The normalized spacial score (nSPS) is 24.1. The third-order valence-electron chi connectivity index (χ3n) is 11.1. The fourth-order valence-corrected chi connectivity index (χ4v) is 8.67. The van der Waals surface area contributed by atoms with Crippen LogP contribution in [0.2, 0.25) is 0 Å². The summed E-state index contributed by atoms with van der Waals surface area (Å²) in [6, 6.07) is 2.42. The molecule has 1 aliphatic carbocycles. The van der Waals surface area contributed by atoms with E-state index in [0.717, 1.165) is 60.5 Å². The third kappa shape index (κ3) is 4.85. The largest absolute Gasteiger partial charge is 0.475 e. The van der Waals surface area contributed by atoms with Crippen molar-refractivity contribution in [3.63, 3.8) is 0 Å². The summed E-state index contributed by atoms with van der Waals surface area (Å²) in [7, 11) is 0. The number of aromatic nitrogens is 6. The lowest BCUT2D eigenvalue weighted by atomic mass is 9.92. The Labute approximate surface area is 286 Å². The van der Waals surface area contributed by atoms with Crippen LogP contribution in [-0.4, -0.2) is 79.1 Å². The van der Waals surface area contributed by atoms with Gasteiger partial charge in [0.2, 0.25) is 5.88 Å². The van der Waals surface area contributed by atoms with Crippen LogP contribution >= 0.6 is 0 Å². The zero-order valence-corrected chi connectivity index (χ0v) is 28.1. The van der Waals surface area contributed by atoms with Crippen LogP contribution < -0.4 is 20.1 Å². The van der Waals surface area contributed by atoms with Gasteiger partial charge in [0, 0.05) is 29.5 Å². The Morgan fingerprint density at radius 1 is 1.18 bits per heavy atom.